The second-order valence-corrected chi connectivity index (χ2v) is 5.64. The topological polar surface area (TPSA) is 56.8 Å². The van der Waals surface area contributed by atoms with E-state index in [0.717, 1.165) is 16.9 Å². The average Bonchev–Trinajstić information content (AvgIpc) is 2.64. The first-order valence-electron chi connectivity index (χ1n) is 8.19. The van der Waals surface area contributed by atoms with Gasteiger partial charge in [-0.1, -0.05) is 42.5 Å². The molecule has 0 aliphatic heterocycles. The lowest BCUT2D eigenvalue weighted by Gasteiger charge is -2.16. The van der Waals surface area contributed by atoms with Crippen molar-refractivity contribution in [3.05, 3.63) is 65.2 Å². The molecule has 0 fully saturated rings. The summed E-state index contributed by atoms with van der Waals surface area (Å²) < 4.78 is 15.7. The molecule has 134 valence electrons. The normalized spacial score (nSPS) is 10.7. The Labute approximate surface area is 148 Å². The lowest BCUT2D eigenvalue weighted by Crippen LogP contribution is -2.35. The molecule has 0 unspecified atom stereocenters. The van der Waals surface area contributed by atoms with Crippen molar-refractivity contribution in [1.29, 1.82) is 0 Å². The van der Waals surface area contributed by atoms with E-state index in [1.165, 1.54) is 5.56 Å². The molecule has 2 aromatic carbocycles. The highest BCUT2D eigenvalue weighted by Crippen LogP contribution is 2.25. The lowest BCUT2D eigenvalue weighted by atomic mass is 9.96. The molecule has 1 N–H and O–H groups in total. The lowest BCUT2D eigenvalue weighted by molar-refractivity contribution is -0.126. The standard InChI is InChI=1S/C20H25NO4/c1-23-18-11-7-10-16(13-19(22)21-14-20(24-2)25-3)17(18)12-15-8-5-4-6-9-15/h4-11,20H,12-14H2,1-3H3,(H,21,22). The Morgan fingerprint density at radius 2 is 1.72 bits per heavy atom. The number of nitrogens with one attached hydrogen (secondary N) is 1. The zero-order chi connectivity index (χ0) is 18.1. The number of carbonyl (C=O) groups is 1. The van der Waals surface area contributed by atoms with Gasteiger partial charge in [0.2, 0.25) is 5.91 Å². The van der Waals surface area contributed by atoms with Gasteiger partial charge in [0.05, 0.1) is 20.1 Å². The van der Waals surface area contributed by atoms with E-state index >= 15 is 0 Å². The third-order valence-electron chi connectivity index (χ3n) is 4.02. The summed E-state index contributed by atoms with van der Waals surface area (Å²) in [7, 11) is 4.73. The molecule has 0 heterocycles. The molecular weight excluding hydrogens is 318 g/mol. The third-order valence-corrected chi connectivity index (χ3v) is 4.02. The molecular formula is C20H25NO4. The maximum absolute atomic E-state index is 12.3. The number of rotatable bonds is 9. The summed E-state index contributed by atoms with van der Waals surface area (Å²) in [5, 5.41) is 2.83. The fourth-order valence-electron chi connectivity index (χ4n) is 2.66. The highest BCUT2D eigenvalue weighted by atomic mass is 16.7. The molecule has 25 heavy (non-hydrogen) atoms. The predicted octanol–water partition coefficient (Wildman–Crippen LogP) is 2.56. The Bertz CT molecular complexity index is 669. The van der Waals surface area contributed by atoms with Crippen molar-refractivity contribution in [1.82, 2.24) is 5.32 Å². The molecule has 0 atom stereocenters. The second kappa shape index (κ2) is 9.81. The van der Waals surface area contributed by atoms with Crippen molar-refractivity contribution in [2.45, 2.75) is 19.1 Å². The van der Waals surface area contributed by atoms with Gasteiger partial charge in [0, 0.05) is 26.2 Å². The Hall–Kier alpha value is -2.37. The first-order chi connectivity index (χ1) is 12.2. The van der Waals surface area contributed by atoms with E-state index in [1.54, 1.807) is 21.3 Å². The van der Waals surface area contributed by atoms with Gasteiger partial charge in [0.1, 0.15) is 5.75 Å². The Kier molecular flexibility index (Phi) is 7.44. The van der Waals surface area contributed by atoms with Gasteiger partial charge in [-0.15, -0.1) is 0 Å². The molecule has 0 radical (unpaired) electrons. The fraction of sp³-hybridized carbons (Fsp3) is 0.350. The molecule has 2 rings (SSSR count). The molecule has 5 nitrogen and oxygen atoms in total. The number of carbonyl (C=O) groups excluding carboxylic acids is 1. The monoisotopic (exact) mass is 343 g/mol. The Balaban J connectivity index is 2.13. The van der Waals surface area contributed by atoms with Crippen LogP contribution in [0.4, 0.5) is 0 Å². The van der Waals surface area contributed by atoms with Crippen LogP contribution in [0.2, 0.25) is 0 Å². The summed E-state index contributed by atoms with van der Waals surface area (Å²) in [6.07, 6.45) is 0.546. The number of methoxy groups -OCH3 is 3. The number of ether oxygens (including phenoxy) is 3. The molecule has 2 aromatic rings. The molecule has 0 aliphatic rings. The van der Waals surface area contributed by atoms with Crippen LogP contribution in [0.1, 0.15) is 16.7 Å². The molecule has 0 spiro atoms. The van der Waals surface area contributed by atoms with Crippen LogP contribution < -0.4 is 10.1 Å². The van der Waals surface area contributed by atoms with Crippen LogP contribution in [0.25, 0.3) is 0 Å². The molecule has 0 bridgehead atoms. The smallest absolute Gasteiger partial charge is 0.224 e. The summed E-state index contributed by atoms with van der Waals surface area (Å²) in [5.41, 5.74) is 3.15. The second-order valence-electron chi connectivity index (χ2n) is 5.64. The van der Waals surface area contributed by atoms with Gasteiger partial charge in [-0.25, -0.2) is 0 Å². The van der Waals surface area contributed by atoms with Gasteiger partial charge in [-0.05, 0) is 17.2 Å². The van der Waals surface area contributed by atoms with E-state index in [-0.39, 0.29) is 12.3 Å². The van der Waals surface area contributed by atoms with Gasteiger partial charge < -0.3 is 19.5 Å². The van der Waals surface area contributed by atoms with E-state index < -0.39 is 6.29 Å². The minimum Gasteiger partial charge on any atom is -0.496 e. The summed E-state index contributed by atoms with van der Waals surface area (Å²) in [4.78, 5) is 12.3. The average molecular weight is 343 g/mol. The largest absolute Gasteiger partial charge is 0.496 e. The highest BCUT2D eigenvalue weighted by molar-refractivity contribution is 5.79. The number of amides is 1. The third kappa shape index (κ3) is 5.59. The van der Waals surface area contributed by atoms with Crippen molar-refractivity contribution in [2.75, 3.05) is 27.9 Å². The van der Waals surface area contributed by atoms with E-state index in [2.05, 4.69) is 17.4 Å². The molecule has 5 heteroatoms. The van der Waals surface area contributed by atoms with Gasteiger partial charge in [-0.2, -0.15) is 0 Å². The first-order valence-corrected chi connectivity index (χ1v) is 8.19. The Morgan fingerprint density at radius 1 is 1.00 bits per heavy atom. The van der Waals surface area contributed by atoms with Crippen molar-refractivity contribution >= 4 is 5.91 Å². The predicted molar refractivity (Wildman–Crippen MR) is 96.8 cm³/mol. The molecule has 0 saturated heterocycles. The molecule has 0 aliphatic carbocycles. The number of hydrogen-bond donors (Lipinski definition) is 1. The SMILES string of the molecule is COc1cccc(CC(=O)NCC(OC)OC)c1Cc1ccccc1. The minimum absolute atomic E-state index is 0.0818. The summed E-state index contributed by atoms with van der Waals surface area (Å²) >= 11 is 0. The zero-order valence-corrected chi connectivity index (χ0v) is 15.0. The summed E-state index contributed by atoms with van der Waals surface area (Å²) in [6, 6.07) is 15.9. The van der Waals surface area contributed by atoms with Gasteiger partial charge in [-0.3, -0.25) is 4.79 Å². The van der Waals surface area contributed by atoms with E-state index in [1.807, 2.05) is 36.4 Å². The van der Waals surface area contributed by atoms with E-state index in [4.69, 9.17) is 14.2 Å². The highest BCUT2D eigenvalue weighted by Gasteiger charge is 2.14. The molecule has 0 saturated carbocycles. The van der Waals surface area contributed by atoms with Gasteiger partial charge >= 0.3 is 0 Å². The van der Waals surface area contributed by atoms with Crippen LogP contribution in [-0.2, 0) is 27.1 Å². The van der Waals surface area contributed by atoms with Crippen LogP contribution in [0, 0.1) is 0 Å². The molecule has 0 aromatic heterocycles. The minimum atomic E-state index is -0.446. The van der Waals surface area contributed by atoms with Crippen LogP contribution in [-0.4, -0.2) is 40.1 Å². The van der Waals surface area contributed by atoms with E-state index in [0.29, 0.717) is 13.0 Å². The zero-order valence-electron chi connectivity index (χ0n) is 15.0. The molecule has 1 amide bonds. The maximum Gasteiger partial charge on any atom is 0.224 e. The fourth-order valence-corrected chi connectivity index (χ4v) is 2.66. The quantitative estimate of drug-likeness (QED) is 0.711. The summed E-state index contributed by atoms with van der Waals surface area (Å²) in [5.74, 6) is 0.711. The van der Waals surface area contributed by atoms with Crippen LogP contribution >= 0.6 is 0 Å². The van der Waals surface area contributed by atoms with Crippen molar-refractivity contribution < 1.29 is 19.0 Å². The van der Waals surface area contributed by atoms with Gasteiger partial charge in [0.15, 0.2) is 6.29 Å². The first kappa shape index (κ1) is 19.0. The number of hydrogen-bond acceptors (Lipinski definition) is 4. The van der Waals surface area contributed by atoms with Crippen molar-refractivity contribution in [3.8, 4) is 5.75 Å². The van der Waals surface area contributed by atoms with E-state index in [9.17, 15) is 4.79 Å². The maximum atomic E-state index is 12.3. The van der Waals surface area contributed by atoms with Gasteiger partial charge in [0.25, 0.3) is 0 Å². The van der Waals surface area contributed by atoms with Crippen molar-refractivity contribution in [2.24, 2.45) is 0 Å². The summed E-state index contributed by atoms with van der Waals surface area (Å²) in [6.45, 7) is 0.309. The van der Waals surface area contributed by atoms with Crippen LogP contribution in [0.3, 0.4) is 0 Å². The van der Waals surface area contributed by atoms with Crippen LogP contribution in [0.5, 0.6) is 5.75 Å². The Morgan fingerprint density at radius 3 is 2.36 bits per heavy atom. The van der Waals surface area contributed by atoms with Crippen molar-refractivity contribution in [3.63, 3.8) is 0 Å². The van der Waals surface area contributed by atoms with Crippen LogP contribution in [0.15, 0.2) is 48.5 Å². The number of benzene rings is 2.